The molecule has 0 radical (unpaired) electrons. The molecule has 0 unspecified atom stereocenters. The molecule has 1 aromatic heterocycles. The average Bonchev–Trinajstić information content (AvgIpc) is 2.68. The molecule has 0 atom stereocenters. The summed E-state index contributed by atoms with van der Waals surface area (Å²) < 4.78 is 5.81. The van der Waals surface area contributed by atoms with Gasteiger partial charge in [0, 0.05) is 24.8 Å². The molecule has 1 aromatic carbocycles. The zero-order valence-electron chi connectivity index (χ0n) is 12.9. The van der Waals surface area contributed by atoms with E-state index in [1.54, 1.807) is 0 Å². The van der Waals surface area contributed by atoms with Crippen molar-refractivity contribution in [2.75, 3.05) is 18.8 Å². The van der Waals surface area contributed by atoms with Crippen LogP contribution in [0.25, 0.3) is 11.1 Å². The van der Waals surface area contributed by atoms with Gasteiger partial charge in [0.2, 0.25) is 5.89 Å². The molecule has 2 N–H and O–H groups in total. The summed E-state index contributed by atoms with van der Waals surface area (Å²) in [5, 5.41) is 0. The van der Waals surface area contributed by atoms with Crippen LogP contribution in [-0.4, -0.2) is 23.0 Å². The lowest BCUT2D eigenvalue weighted by molar-refractivity contribution is 0.195. The molecule has 0 bridgehead atoms. The van der Waals surface area contributed by atoms with Crippen molar-refractivity contribution in [3.8, 4) is 0 Å². The molecular weight excluding hydrogens is 250 g/mol. The van der Waals surface area contributed by atoms with Crippen LogP contribution in [0.4, 0.5) is 5.69 Å². The topological polar surface area (TPSA) is 55.3 Å². The Hall–Kier alpha value is -1.55. The second kappa shape index (κ2) is 6.27. The number of nitrogens with zero attached hydrogens (tertiary/aromatic N) is 2. The highest BCUT2D eigenvalue weighted by Crippen LogP contribution is 2.20. The fourth-order valence-corrected chi connectivity index (χ4v) is 2.48. The van der Waals surface area contributed by atoms with Crippen molar-refractivity contribution in [1.29, 1.82) is 0 Å². The zero-order chi connectivity index (χ0) is 14.7. The highest BCUT2D eigenvalue weighted by molar-refractivity contribution is 5.76. The van der Waals surface area contributed by atoms with E-state index in [1.165, 1.54) is 0 Å². The first kappa shape index (κ1) is 14.9. The number of hydrogen-bond acceptors (Lipinski definition) is 4. The summed E-state index contributed by atoms with van der Waals surface area (Å²) in [7, 11) is 0. The summed E-state index contributed by atoms with van der Waals surface area (Å²) in [5.41, 5.74) is 8.13. The zero-order valence-corrected chi connectivity index (χ0v) is 12.9. The van der Waals surface area contributed by atoms with Gasteiger partial charge < -0.3 is 10.2 Å². The monoisotopic (exact) mass is 275 g/mol. The molecule has 0 aliphatic heterocycles. The molecule has 0 fully saturated rings. The summed E-state index contributed by atoms with van der Waals surface area (Å²) in [6.45, 7) is 11.8. The predicted octanol–water partition coefficient (Wildman–Crippen LogP) is 3.52. The summed E-state index contributed by atoms with van der Waals surface area (Å²) in [4.78, 5) is 6.95. The van der Waals surface area contributed by atoms with Gasteiger partial charge in [0.1, 0.15) is 5.52 Å². The normalized spacial score (nSPS) is 12.2. The first-order chi connectivity index (χ1) is 9.44. The second-order valence-electron chi connectivity index (χ2n) is 6.32. The third-order valence-electron chi connectivity index (χ3n) is 3.06. The van der Waals surface area contributed by atoms with E-state index in [0.29, 0.717) is 17.5 Å². The Morgan fingerprint density at radius 1 is 1.15 bits per heavy atom. The number of hydrogen-bond donors (Lipinski definition) is 1. The van der Waals surface area contributed by atoms with Crippen molar-refractivity contribution >= 4 is 16.8 Å². The Morgan fingerprint density at radius 3 is 2.40 bits per heavy atom. The minimum absolute atomic E-state index is 0.633. The first-order valence-corrected chi connectivity index (χ1v) is 7.31. The second-order valence-corrected chi connectivity index (χ2v) is 6.32. The highest BCUT2D eigenvalue weighted by Gasteiger charge is 2.14. The van der Waals surface area contributed by atoms with Crippen molar-refractivity contribution in [2.24, 2.45) is 11.8 Å². The van der Waals surface area contributed by atoms with Crippen LogP contribution in [0.1, 0.15) is 33.6 Å². The van der Waals surface area contributed by atoms with E-state index in [1.807, 2.05) is 18.2 Å². The van der Waals surface area contributed by atoms with Crippen molar-refractivity contribution in [3.05, 3.63) is 24.1 Å². The van der Waals surface area contributed by atoms with Gasteiger partial charge in [-0.1, -0.05) is 27.7 Å². The molecule has 0 saturated carbocycles. The van der Waals surface area contributed by atoms with Gasteiger partial charge in [-0.25, -0.2) is 4.98 Å². The molecule has 0 amide bonds. The van der Waals surface area contributed by atoms with E-state index >= 15 is 0 Å². The number of benzene rings is 1. The quantitative estimate of drug-likeness (QED) is 0.819. The lowest BCUT2D eigenvalue weighted by Gasteiger charge is -2.24. The van der Waals surface area contributed by atoms with Crippen LogP contribution in [0, 0.1) is 11.8 Å². The van der Waals surface area contributed by atoms with Gasteiger partial charge in [0.05, 0.1) is 6.54 Å². The lowest BCUT2D eigenvalue weighted by atomic mass is 10.1. The van der Waals surface area contributed by atoms with Crippen LogP contribution in [0.2, 0.25) is 0 Å². The maximum absolute atomic E-state index is 5.81. The van der Waals surface area contributed by atoms with E-state index < -0.39 is 0 Å². The first-order valence-electron chi connectivity index (χ1n) is 7.31. The van der Waals surface area contributed by atoms with Gasteiger partial charge in [-0.15, -0.1) is 0 Å². The summed E-state index contributed by atoms with van der Waals surface area (Å²) >= 11 is 0. The van der Waals surface area contributed by atoms with Gasteiger partial charge in [-0.3, -0.25) is 4.90 Å². The summed E-state index contributed by atoms with van der Waals surface area (Å²) in [6.07, 6.45) is 0. The van der Waals surface area contributed by atoms with Crippen LogP contribution < -0.4 is 5.73 Å². The average molecular weight is 275 g/mol. The van der Waals surface area contributed by atoms with Crippen molar-refractivity contribution < 1.29 is 4.42 Å². The van der Waals surface area contributed by atoms with Gasteiger partial charge in [0.25, 0.3) is 0 Å². The van der Waals surface area contributed by atoms with Crippen LogP contribution >= 0.6 is 0 Å². The molecule has 0 aliphatic rings. The molecule has 2 aromatic rings. The molecular formula is C16H25N3O. The van der Waals surface area contributed by atoms with Crippen LogP contribution in [-0.2, 0) is 6.54 Å². The van der Waals surface area contributed by atoms with Gasteiger partial charge in [-0.05, 0) is 24.0 Å². The van der Waals surface area contributed by atoms with Gasteiger partial charge in [0.15, 0.2) is 5.58 Å². The number of oxazole rings is 1. The van der Waals surface area contributed by atoms with Crippen molar-refractivity contribution in [1.82, 2.24) is 9.88 Å². The highest BCUT2D eigenvalue weighted by atomic mass is 16.3. The smallest absolute Gasteiger partial charge is 0.209 e. The van der Waals surface area contributed by atoms with E-state index in [-0.39, 0.29) is 0 Å². The Balaban J connectivity index is 2.14. The van der Waals surface area contributed by atoms with Crippen LogP contribution in [0.5, 0.6) is 0 Å². The number of aromatic nitrogens is 1. The van der Waals surface area contributed by atoms with Crippen molar-refractivity contribution in [3.63, 3.8) is 0 Å². The predicted molar refractivity (Wildman–Crippen MR) is 83.4 cm³/mol. The molecule has 1 heterocycles. The molecule has 20 heavy (non-hydrogen) atoms. The standard InChI is InChI=1S/C16H25N3O/c1-11(2)8-19(9-12(3)4)10-16-18-14-6-5-13(17)7-15(14)20-16/h5-7,11-12H,8-10,17H2,1-4H3. The Labute approximate surface area is 121 Å². The summed E-state index contributed by atoms with van der Waals surface area (Å²) in [5.74, 6) is 2.04. The van der Waals surface area contributed by atoms with Crippen LogP contribution in [0.3, 0.4) is 0 Å². The minimum Gasteiger partial charge on any atom is -0.439 e. The number of fused-ring (bicyclic) bond motifs is 1. The van der Waals surface area contributed by atoms with E-state index in [2.05, 4.69) is 37.6 Å². The number of nitrogens with two attached hydrogens (primary N) is 1. The maximum atomic E-state index is 5.81. The Morgan fingerprint density at radius 2 is 1.80 bits per heavy atom. The molecule has 2 rings (SSSR count). The minimum atomic E-state index is 0.633. The third kappa shape index (κ3) is 3.97. The van der Waals surface area contributed by atoms with Gasteiger partial charge >= 0.3 is 0 Å². The molecule has 4 nitrogen and oxygen atoms in total. The summed E-state index contributed by atoms with van der Waals surface area (Å²) in [6, 6.07) is 5.60. The number of nitrogen functional groups attached to an aromatic ring is 1. The van der Waals surface area contributed by atoms with Gasteiger partial charge in [-0.2, -0.15) is 0 Å². The molecule has 0 spiro atoms. The maximum Gasteiger partial charge on any atom is 0.209 e. The molecule has 110 valence electrons. The fourth-order valence-electron chi connectivity index (χ4n) is 2.48. The number of rotatable bonds is 6. The largest absolute Gasteiger partial charge is 0.439 e. The van der Waals surface area contributed by atoms with E-state index in [4.69, 9.17) is 10.2 Å². The third-order valence-corrected chi connectivity index (χ3v) is 3.06. The number of anilines is 1. The Bertz CT molecular complexity index is 550. The Kier molecular flexibility index (Phi) is 4.65. The van der Waals surface area contributed by atoms with Crippen molar-refractivity contribution in [2.45, 2.75) is 34.2 Å². The van der Waals surface area contributed by atoms with Crippen LogP contribution in [0.15, 0.2) is 22.6 Å². The molecule has 0 aliphatic carbocycles. The van der Waals surface area contributed by atoms with E-state index in [0.717, 1.165) is 36.6 Å². The lowest BCUT2D eigenvalue weighted by Crippen LogP contribution is -2.31. The molecule has 0 saturated heterocycles. The fraction of sp³-hybridized carbons (Fsp3) is 0.562. The van der Waals surface area contributed by atoms with E-state index in [9.17, 15) is 0 Å². The molecule has 4 heteroatoms. The SMILES string of the molecule is CC(C)CN(Cc1nc2ccc(N)cc2o1)CC(C)C.